The van der Waals surface area contributed by atoms with Crippen LogP contribution in [0.1, 0.15) is 70.0 Å². The minimum absolute atomic E-state index is 0.0362. The summed E-state index contributed by atoms with van der Waals surface area (Å²) in [6.07, 6.45) is 5.64. The molecule has 36 heavy (non-hydrogen) atoms. The molecule has 2 aromatic rings. The monoisotopic (exact) mass is 490 g/mol. The fourth-order valence-corrected chi connectivity index (χ4v) is 5.08. The summed E-state index contributed by atoms with van der Waals surface area (Å²) >= 11 is 0. The van der Waals surface area contributed by atoms with Crippen LogP contribution < -0.4 is 15.6 Å². The number of hydrazine groups is 1. The highest BCUT2D eigenvalue weighted by Crippen LogP contribution is 2.40. The van der Waals surface area contributed by atoms with Gasteiger partial charge in [0.05, 0.1) is 18.3 Å². The van der Waals surface area contributed by atoms with E-state index in [2.05, 4.69) is 10.7 Å². The van der Waals surface area contributed by atoms with Gasteiger partial charge in [0.2, 0.25) is 5.91 Å². The van der Waals surface area contributed by atoms with Crippen molar-refractivity contribution in [3.63, 3.8) is 0 Å². The summed E-state index contributed by atoms with van der Waals surface area (Å²) in [6, 6.07) is 14.9. The second-order valence-electron chi connectivity index (χ2n) is 11.1. The number of carbonyl (C=O) groups excluding carboxylic acids is 3. The van der Waals surface area contributed by atoms with Gasteiger partial charge >= 0.3 is 6.03 Å². The summed E-state index contributed by atoms with van der Waals surface area (Å²) in [5.41, 5.74) is 6.31. The standard InChI is InChI=1S/C29H38N4O3/c1-20-11-10-14-22(17-20)30-26(35)19-33-28(36)32(18-25(34)29(2,3)4)24-16-9-8-15-23(24)27(31-33)21-12-6-5-7-13-21/h8-11,14-17,21,27,31H,5-7,12-13,18-19H2,1-4H3,(H,30,35). The van der Waals surface area contributed by atoms with Crippen LogP contribution in [0.5, 0.6) is 0 Å². The fourth-order valence-electron chi connectivity index (χ4n) is 5.08. The van der Waals surface area contributed by atoms with Crippen molar-refractivity contribution in [3.8, 4) is 0 Å². The summed E-state index contributed by atoms with van der Waals surface area (Å²) in [4.78, 5) is 41.6. The Morgan fingerprint density at radius 3 is 2.42 bits per heavy atom. The summed E-state index contributed by atoms with van der Waals surface area (Å²) in [7, 11) is 0. The lowest BCUT2D eigenvalue weighted by atomic mass is 9.81. The number of hydrogen-bond acceptors (Lipinski definition) is 4. The second kappa shape index (κ2) is 10.8. The quantitative estimate of drug-likeness (QED) is 0.551. The van der Waals surface area contributed by atoms with E-state index >= 15 is 0 Å². The third kappa shape index (κ3) is 5.95. The molecule has 2 aromatic carbocycles. The zero-order chi connectivity index (χ0) is 25.9. The lowest BCUT2D eigenvalue weighted by Crippen LogP contribution is -2.54. The van der Waals surface area contributed by atoms with Gasteiger partial charge < -0.3 is 5.32 Å². The fraction of sp³-hybridized carbons (Fsp3) is 0.483. The Balaban J connectivity index is 1.67. The van der Waals surface area contributed by atoms with Crippen molar-refractivity contribution in [1.29, 1.82) is 0 Å². The van der Waals surface area contributed by atoms with E-state index in [1.165, 1.54) is 11.4 Å². The first kappa shape index (κ1) is 25.9. The van der Waals surface area contributed by atoms with E-state index in [1.807, 2.05) is 76.2 Å². The normalized spacial score (nSPS) is 19.0. The minimum Gasteiger partial charge on any atom is -0.324 e. The molecule has 1 saturated carbocycles. The number of hydrogen-bond donors (Lipinski definition) is 2. The first-order valence-corrected chi connectivity index (χ1v) is 13.0. The van der Waals surface area contributed by atoms with Gasteiger partial charge in [-0.25, -0.2) is 15.2 Å². The molecule has 0 radical (unpaired) electrons. The van der Waals surface area contributed by atoms with E-state index in [0.29, 0.717) is 11.6 Å². The number of benzene rings is 2. The summed E-state index contributed by atoms with van der Waals surface area (Å²) < 4.78 is 0. The maximum atomic E-state index is 13.9. The van der Waals surface area contributed by atoms with Crippen molar-refractivity contribution in [3.05, 3.63) is 59.7 Å². The Kier molecular flexibility index (Phi) is 7.79. The van der Waals surface area contributed by atoms with E-state index in [-0.39, 0.29) is 30.8 Å². The number of amides is 3. The second-order valence-corrected chi connectivity index (χ2v) is 11.1. The van der Waals surface area contributed by atoms with Crippen LogP contribution in [-0.2, 0) is 9.59 Å². The Morgan fingerprint density at radius 2 is 1.72 bits per heavy atom. The van der Waals surface area contributed by atoms with Crippen molar-refractivity contribution >= 4 is 29.1 Å². The number of para-hydroxylation sites is 1. The molecule has 192 valence electrons. The van der Waals surface area contributed by atoms with Gasteiger partial charge in [-0.1, -0.05) is 70.4 Å². The van der Waals surface area contributed by atoms with Gasteiger partial charge in [-0.2, -0.15) is 0 Å². The number of aryl methyl sites for hydroxylation is 1. The highest BCUT2D eigenvalue weighted by atomic mass is 16.2. The SMILES string of the molecule is Cc1cccc(NC(=O)CN2NC(C3CCCCC3)c3ccccc3N(CC(=O)C(C)(C)C)C2=O)c1. The topological polar surface area (TPSA) is 81.8 Å². The molecule has 2 N–H and O–H groups in total. The molecule has 4 rings (SSSR count). The molecule has 1 atom stereocenters. The van der Waals surface area contributed by atoms with Crippen LogP contribution in [0.25, 0.3) is 0 Å². The van der Waals surface area contributed by atoms with E-state index in [1.54, 1.807) is 4.90 Å². The summed E-state index contributed by atoms with van der Waals surface area (Å²) in [5.74, 6) is 0.0103. The molecule has 7 heteroatoms. The third-order valence-electron chi connectivity index (χ3n) is 7.18. The molecule has 0 aromatic heterocycles. The lowest BCUT2D eigenvalue weighted by Gasteiger charge is -2.33. The van der Waals surface area contributed by atoms with E-state index in [0.717, 1.165) is 42.5 Å². The Bertz CT molecular complexity index is 1120. The van der Waals surface area contributed by atoms with E-state index in [9.17, 15) is 14.4 Å². The van der Waals surface area contributed by atoms with Gasteiger partial charge in [0, 0.05) is 11.1 Å². The van der Waals surface area contributed by atoms with Crippen LogP contribution in [-0.4, -0.2) is 35.8 Å². The molecule has 1 unspecified atom stereocenters. The molecule has 1 aliphatic carbocycles. The number of Topliss-reactive ketones (excluding diaryl/α,β-unsaturated/α-hetero) is 1. The summed E-state index contributed by atoms with van der Waals surface area (Å²) in [6.45, 7) is 7.34. The van der Waals surface area contributed by atoms with Crippen molar-refractivity contribution in [1.82, 2.24) is 10.4 Å². The van der Waals surface area contributed by atoms with Crippen LogP contribution in [0.15, 0.2) is 48.5 Å². The number of nitrogens with zero attached hydrogens (tertiary/aromatic N) is 2. The molecule has 0 saturated heterocycles. The van der Waals surface area contributed by atoms with Crippen molar-refractivity contribution in [2.75, 3.05) is 23.3 Å². The van der Waals surface area contributed by atoms with Crippen LogP contribution in [0, 0.1) is 18.3 Å². The number of ketones is 1. The molecule has 2 aliphatic rings. The molecule has 1 aliphatic heterocycles. The van der Waals surface area contributed by atoms with Gasteiger partial charge in [-0.05, 0) is 55.0 Å². The van der Waals surface area contributed by atoms with Crippen LogP contribution >= 0.6 is 0 Å². The first-order chi connectivity index (χ1) is 17.1. The average Bonchev–Trinajstić information content (AvgIpc) is 2.94. The van der Waals surface area contributed by atoms with Crippen molar-refractivity contribution in [2.24, 2.45) is 11.3 Å². The minimum atomic E-state index is -0.592. The Labute approximate surface area is 214 Å². The van der Waals surface area contributed by atoms with Crippen molar-refractivity contribution < 1.29 is 14.4 Å². The zero-order valence-corrected chi connectivity index (χ0v) is 21.8. The zero-order valence-electron chi connectivity index (χ0n) is 21.8. The van der Waals surface area contributed by atoms with Crippen LogP contribution in [0.3, 0.4) is 0 Å². The maximum absolute atomic E-state index is 13.9. The lowest BCUT2D eigenvalue weighted by molar-refractivity contribution is -0.124. The largest absolute Gasteiger partial charge is 0.339 e. The highest BCUT2D eigenvalue weighted by molar-refractivity contribution is 6.02. The predicted octanol–water partition coefficient (Wildman–Crippen LogP) is 5.62. The number of nitrogens with one attached hydrogen (secondary N) is 2. The van der Waals surface area contributed by atoms with Gasteiger partial charge in [-0.15, -0.1) is 0 Å². The van der Waals surface area contributed by atoms with Crippen LogP contribution in [0.2, 0.25) is 0 Å². The number of urea groups is 1. The van der Waals surface area contributed by atoms with Crippen molar-refractivity contribution in [2.45, 2.75) is 65.8 Å². The highest BCUT2D eigenvalue weighted by Gasteiger charge is 2.38. The maximum Gasteiger partial charge on any atom is 0.339 e. The van der Waals surface area contributed by atoms with E-state index in [4.69, 9.17) is 0 Å². The molecular weight excluding hydrogens is 452 g/mol. The third-order valence-corrected chi connectivity index (χ3v) is 7.18. The Hall–Kier alpha value is -3.19. The van der Waals surface area contributed by atoms with Gasteiger partial charge in [0.25, 0.3) is 0 Å². The van der Waals surface area contributed by atoms with Gasteiger partial charge in [0.15, 0.2) is 5.78 Å². The number of anilines is 2. The number of carbonyl (C=O) groups is 3. The molecule has 1 fully saturated rings. The molecule has 0 bridgehead atoms. The number of fused-ring (bicyclic) bond motifs is 1. The summed E-state index contributed by atoms with van der Waals surface area (Å²) in [5, 5.41) is 4.31. The first-order valence-electron chi connectivity index (χ1n) is 13.0. The average molecular weight is 491 g/mol. The Morgan fingerprint density at radius 1 is 1.00 bits per heavy atom. The van der Waals surface area contributed by atoms with Gasteiger partial charge in [-0.3, -0.25) is 14.5 Å². The van der Waals surface area contributed by atoms with E-state index < -0.39 is 11.4 Å². The predicted molar refractivity (Wildman–Crippen MR) is 143 cm³/mol. The molecule has 3 amide bonds. The van der Waals surface area contributed by atoms with Gasteiger partial charge in [0.1, 0.15) is 6.54 Å². The molecule has 1 heterocycles. The molecule has 0 spiro atoms. The number of rotatable bonds is 6. The molecule has 7 nitrogen and oxygen atoms in total. The molecular formula is C29H38N4O3. The van der Waals surface area contributed by atoms with Crippen LogP contribution in [0.4, 0.5) is 16.2 Å². The smallest absolute Gasteiger partial charge is 0.324 e.